The molecule has 1 heterocycles. The van der Waals surface area contributed by atoms with Crippen molar-refractivity contribution in [2.75, 3.05) is 33.9 Å². The number of amides is 2. The molecule has 0 aromatic heterocycles. The van der Waals surface area contributed by atoms with Crippen LogP contribution in [0.5, 0.6) is 5.75 Å². The van der Waals surface area contributed by atoms with Crippen molar-refractivity contribution < 1.29 is 19.1 Å². The van der Waals surface area contributed by atoms with E-state index in [1.165, 1.54) is 0 Å². The van der Waals surface area contributed by atoms with E-state index in [0.29, 0.717) is 26.1 Å². The number of likely N-dealkylation sites (tertiary alicyclic amines) is 1. The number of hydrogen-bond donors (Lipinski definition) is 1. The molecule has 6 nitrogen and oxygen atoms in total. The summed E-state index contributed by atoms with van der Waals surface area (Å²) in [5.41, 5.74) is 6.33. The lowest BCUT2D eigenvalue weighted by molar-refractivity contribution is -0.129. The number of hydrogen-bond acceptors (Lipinski definition) is 4. The lowest BCUT2D eigenvalue weighted by Gasteiger charge is -2.16. The lowest BCUT2D eigenvalue weighted by atomic mass is 9.96. The Balaban J connectivity index is 1.98. The summed E-state index contributed by atoms with van der Waals surface area (Å²) in [7, 11) is 3.18. The van der Waals surface area contributed by atoms with E-state index >= 15 is 0 Å². The number of benzene rings is 1. The Bertz CT molecular complexity index is 529. The van der Waals surface area contributed by atoms with Gasteiger partial charge in [0.05, 0.1) is 26.1 Å². The van der Waals surface area contributed by atoms with Crippen LogP contribution in [-0.2, 0) is 20.7 Å². The van der Waals surface area contributed by atoms with Gasteiger partial charge in [-0.1, -0.05) is 12.1 Å². The highest BCUT2D eigenvalue weighted by Gasteiger charge is 2.38. The van der Waals surface area contributed by atoms with Crippen LogP contribution in [0.1, 0.15) is 5.56 Å². The molecule has 0 bridgehead atoms. The lowest BCUT2D eigenvalue weighted by Crippen LogP contribution is -2.33. The second-order valence-electron chi connectivity index (χ2n) is 5.55. The van der Waals surface area contributed by atoms with Crippen LogP contribution in [0.15, 0.2) is 24.3 Å². The summed E-state index contributed by atoms with van der Waals surface area (Å²) in [6.45, 7) is 1.31. The SMILES string of the molecule is COC[C@@H]1CN(C(=O)Cc2ccc(OC)cc2)C[C@H]1C(N)=O. The van der Waals surface area contributed by atoms with E-state index in [9.17, 15) is 9.59 Å². The number of ether oxygens (including phenoxy) is 2. The maximum absolute atomic E-state index is 12.4. The van der Waals surface area contributed by atoms with E-state index < -0.39 is 0 Å². The first-order valence-electron chi connectivity index (χ1n) is 7.24. The first-order chi connectivity index (χ1) is 10.5. The molecule has 0 unspecified atom stereocenters. The van der Waals surface area contributed by atoms with Gasteiger partial charge in [-0.3, -0.25) is 9.59 Å². The minimum Gasteiger partial charge on any atom is -0.497 e. The Kier molecular flexibility index (Phi) is 5.38. The van der Waals surface area contributed by atoms with Crippen molar-refractivity contribution >= 4 is 11.8 Å². The zero-order valence-corrected chi connectivity index (χ0v) is 13.0. The summed E-state index contributed by atoms with van der Waals surface area (Å²) in [6.07, 6.45) is 0.301. The normalized spacial score (nSPS) is 20.9. The van der Waals surface area contributed by atoms with Gasteiger partial charge in [0.2, 0.25) is 11.8 Å². The van der Waals surface area contributed by atoms with Crippen molar-refractivity contribution in [1.82, 2.24) is 4.90 Å². The number of primary amides is 1. The minimum atomic E-state index is -0.373. The van der Waals surface area contributed by atoms with E-state index in [0.717, 1.165) is 11.3 Å². The molecule has 1 aliphatic heterocycles. The third-order valence-electron chi connectivity index (χ3n) is 4.05. The maximum atomic E-state index is 12.4. The van der Waals surface area contributed by atoms with E-state index in [-0.39, 0.29) is 23.7 Å². The molecule has 1 fully saturated rings. The summed E-state index contributed by atoms with van der Waals surface area (Å²) < 4.78 is 10.2. The molecule has 1 aromatic carbocycles. The molecule has 1 aromatic rings. The Morgan fingerprint density at radius 3 is 2.45 bits per heavy atom. The van der Waals surface area contributed by atoms with Gasteiger partial charge in [-0.2, -0.15) is 0 Å². The molecule has 120 valence electrons. The van der Waals surface area contributed by atoms with Gasteiger partial charge in [0.25, 0.3) is 0 Å². The van der Waals surface area contributed by atoms with Gasteiger partial charge in [-0.15, -0.1) is 0 Å². The van der Waals surface area contributed by atoms with Crippen LogP contribution in [0.25, 0.3) is 0 Å². The van der Waals surface area contributed by atoms with Gasteiger partial charge in [-0.05, 0) is 17.7 Å². The predicted molar refractivity (Wildman–Crippen MR) is 81.3 cm³/mol. The number of rotatable bonds is 6. The highest BCUT2D eigenvalue weighted by Crippen LogP contribution is 2.24. The molecule has 2 atom stereocenters. The van der Waals surface area contributed by atoms with Crippen molar-refractivity contribution in [2.45, 2.75) is 6.42 Å². The van der Waals surface area contributed by atoms with Crippen molar-refractivity contribution in [3.63, 3.8) is 0 Å². The van der Waals surface area contributed by atoms with Crippen molar-refractivity contribution in [2.24, 2.45) is 17.6 Å². The predicted octanol–water partition coefficient (Wildman–Crippen LogP) is 0.444. The summed E-state index contributed by atoms with van der Waals surface area (Å²) in [5, 5.41) is 0. The molecular weight excluding hydrogens is 284 g/mol. The van der Waals surface area contributed by atoms with E-state index in [1.807, 2.05) is 24.3 Å². The Labute approximate surface area is 130 Å². The van der Waals surface area contributed by atoms with Crippen LogP contribution in [0.2, 0.25) is 0 Å². The average molecular weight is 306 g/mol. The number of nitrogens with zero attached hydrogens (tertiary/aromatic N) is 1. The Morgan fingerprint density at radius 2 is 1.91 bits per heavy atom. The zero-order valence-electron chi connectivity index (χ0n) is 13.0. The summed E-state index contributed by atoms with van der Waals surface area (Å²) in [4.78, 5) is 25.6. The van der Waals surface area contributed by atoms with Gasteiger partial charge < -0.3 is 20.1 Å². The monoisotopic (exact) mass is 306 g/mol. The van der Waals surface area contributed by atoms with Crippen LogP contribution in [0.4, 0.5) is 0 Å². The molecule has 0 aliphatic carbocycles. The topological polar surface area (TPSA) is 81.9 Å². The standard InChI is InChI=1S/C16H22N2O4/c1-21-10-12-8-18(9-14(12)16(17)20)15(19)7-11-3-5-13(22-2)6-4-11/h3-6,12,14H,7-10H2,1-2H3,(H2,17,20)/t12-,14+/m0/s1. The quantitative estimate of drug-likeness (QED) is 0.827. The fraction of sp³-hybridized carbons (Fsp3) is 0.500. The number of carbonyl (C=O) groups excluding carboxylic acids is 2. The Hall–Kier alpha value is -2.08. The third kappa shape index (κ3) is 3.76. The second kappa shape index (κ2) is 7.26. The van der Waals surface area contributed by atoms with Gasteiger partial charge in [-0.25, -0.2) is 0 Å². The molecule has 1 saturated heterocycles. The molecule has 0 spiro atoms. The number of carbonyl (C=O) groups is 2. The van der Waals surface area contributed by atoms with Crippen molar-refractivity contribution in [3.05, 3.63) is 29.8 Å². The minimum absolute atomic E-state index is 0.00461. The molecule has 0 radical (unpaired) electrons. The largest absolute Gasteiger partial charge is 0.497 e. The highest BCUT2D eigenvalue weighted by atomic mass is 16.5. The van der Waals surface area contributed by atoms with Gasteiger partial charge >= 0.3 is 0 Å². The van der Waals surface area contributed by atoms with Crippen LogP contribution in [0.3, 0.4) is 0 Å². The summed E-state index contributed by atoms with van der Waals surface area (Å²) in [5.74, 6) is 0.0187. The molecule has 2 rings (SSSR count). The maximum Gasteiger partial charge on any atom is 0.227 e. The van der Waals surface area contributed by atoms with E-state index in [1.54, 1.807) is 19.1 Å². The van der Waals surface area contributed by atoms with Crippen LogP contribution in [-0.4, -0.2) is 50.6 Å². The van der Waals surface area contributed by atoms with Crippen LogP contribution < -0.4 is 10.5 Å². The van der Waals surface area contributed by atoms with Gasteiger partial charge in [0, 0.05) is 26.1 Å². The number of methoxy groups -OCH3 is 2. The fourth-order valence-electron chi connectivity index (χ4n) is 2.81. The van der Waals surface area contributed by atoms with Gasteiger partial charge in [0.15, 0.2) is 0 Å². The third-order valence-corrected chi connectivity index (χ3v) is 4.05. The molecule has 1 aliphatic rings. The zero-order chi connectivity index (χ0) is 16.1. The van der Waals surface area contributed by atoms with Crippen molar-refractivity contribution in [3.8, 4) is 5.75 Å². The summed E-state index contributed by atoms with van der Waals surface area (Å²) in [6, 6.07) is 7.38. The first-order valence-corrected chi connectivity index (χ1v) is 7.24. The fourth-order valence-corrected chi connectivity index (χ4v) is 2.81. The van der Waals surface area contributed by atoms with Crippen LogP contribution >= 0.6 is 0 Å². The van der Waals surface area contributed by atoms with Gasteiger partial charge in [0.1, 0.15) is 5.75 Å². The molecule has 2 amide bonds. The molecule has 22 heavy (non-hydrogen) atoms. The first kappa shape index (κ1) is 16.3. The molecular formula is C16H22N2O4. The highest BCUT2D eigenvalue weighted by molar-refractivity contribution is 5.82. The van der Waals surface area contributed by atoms with Crippen LogP contribution in [0, 0.1) is 11.8 Å². The van der Waals surface area contributed by atoms with Crippen molar-refractivity contribution in [1.29, 1.82) is 0 Å². The molecule has 0 saturated carbocycles. The molecule has 2 N–H and O–H groups in total. The Morgan fingerprint density at radius 1 is 1.23 bits per heavy atom. The summed E-state index contributed by atoms with van der Waals surface area (Å²) >= 11 is 0. The molecule has 6 heteroatoms. The average Bonchev–Trinajstić information content (AvgIpc) is 2.93. The number of nitrogens with two attached hydrogens (primary N) is 1. The van der Waals surface area contributed by atoms with E-state index in [2.05, 4.69) is 0 Å². The smallest absolute Gasteiger partial charge is 0.227 e. The second-order valence-corrected chi connectivity index (χ2v) is 5.55. The van der Waals surface area contributed by atoms with E-state index in [4.69, 9.17) is 15.2 Å².